The number of benzene rings is 4. The number of fused-ring (bicyclic) bond motifs is 5. The van der Waals surface area contributed by atoms with Crippen molar-refractivity contribution in [2.24, 2.45) is 0 Å². The molecular formula is C39H50. The van der Waals surface area contributed by atoms with Crippen LogP contribution in [0.1, 0.15) is 111 Å². The third kappa shape index (κ3) is 5.00. The van der Waals surface area contributed by atoms with Crippen molar-refractivity contribution in [1.29, 1.82) is 0 Å². The van der Waals surface area contributed by atoms with E-state index >= 15 is 0 Å². The van der Waals surface area contributed by atoms with Crippen molar-refractivity contribution in [3.8, 4) is 11.1 Å². The van der Waals surface area contributed by atoms with Gasteiger partial charge < -0.3 is 0 Å². The van der Waals surface area contributed by atoms with E-state index in [-0.39, 0.29) is 5.41 Å². The summed E-state index contributed by atoms with van der Waals surface area (Å²) < 4.78 is 0. The highest BCUT2D eigenvalue weighted by atomic mass is 14.5. The summed E-state index contributed by atoms with van der Waals surface area (Å²) in [6, 6.07) is 28.8. The lowest BCUT2D eigenvalue weighted by atomic mass is 9.65. The average molecular weight is 519 g/mol. The molecule has 3 aliphatic rings. The Morgan fingerprint density at radius 3 is 1.08 bits per heavy atom. The molecule has 0 nitrogen and oxygen atoms in total. The summed E-state index contributed by atoms with van der Waals surface area (Å²) >= 11 is 0. The summed E-state index contributed by atoms with van der Waals surface area (Å²) in [7, 11) is 0. The highest BCUT2D eigenvalue weighted by Gasteiger charge is 2.47. The molecule has 0 spiro atoms. The van der Waals surface area contributed by atoms with Gasteiger partial charge in [-0.1, -0.05) is 139 Å². The first-order valence-corrected chi connectivity index (χ1v) is 15.6. The van der Waals surface area contributed by atoms with E-state index in [1.54, 1.807) is 0 Å². The van der Waals surface area contributed by atoms with Crippen LogP contribution >= 0.6 is 0 Å². The molecule has 206 valence electrons. The summed E-state index contributed by atoms with van der Waals surface area (Å²) in [5, 5.41) is 0. The predicted molar refractivity (Wildman–Crippen MR) is 173 cm³/mol. The second-order valence-corrected chi connectivity index (χ2v) is 9.82. The third-order valence-electron chi connectivity index (χ3n) is 8.05. The number of aryl methyl sites for hydroxylation is 6. The molecule has 7 rings (SSSR count). The van der Waals surface area contributed by atoms with Gasteiger partial charge in [-0.15, -0.1) is 0 Å². The Morgan fingerprint density at radius 2 is 0.769 bits per heavy atom. The molecular weight excluding hydrogens is 468 g/mol. The molecule has 0 amide bonds. The molecule has 0 saturated carbocycles. The van der Waals surface area contributed by atoms with E-state index in [1.165, 1.54) is 92.4 Å². The SMILES string of the molecule is CC.CC.CC.CC.Cc1ccc2c(c1)C(c1ccc3c(c1)CC3)(c1ccc3c(c1)CC3)c1cc(C)ccc1-2. The molecule has 0 radical (unpaired) electrons. The fraction of sp³-hybridized carbons (Fsp3) is 0.385. The van der Waals surface area contributed by atoms with Crippen LogP contribution in [-0.2, 0) is 31.1 Å². The van der Waals surface area contributed by atoms with Crippen molar-refractivity contribution in [3.63, 3.8) is 0 Å². The van der Waals surface area contributed by atoms with E-state index in [4.69, 9.17) is 0 Å². The van der Waals surface area contributed by atoms with Gasteiger partial charge >= 0.3 is 0 Å². The predicted octanol–water partition coefficient (Wildman–Crippen LogP) is 11.0. The van der Waals surface area contributed by atoms with E-state index in [2.05, 4.69) is 86.6 Å². The maximum absolute atomic E-state index is 2.52. The van der Waals surface area contributed by atoms with Crippen LogP contribution in [-0.4, -0.2) is 0 Å². The maximum atomic E-state index is 2.52. The second kappa shape index (κ2) is 13.3. The first-order chi connectivity index (χ1) is 19.1. The van der Waals surface area contributed by atoms with Crippen LogP contribution in [0.25, 0.3) is 11.1 Å². The smallest absolute Gasteiger partial charge is 0.0683 e. The summed E-state index contributed by atoms with van der Waals surface area (Å²) in [4.78, 5) is 0. The van der Waals surface area contributed by atoms with Gasteiger partial charge in [-0.3, -0.25) is 0 Å². The molecule has 0 unspecified atom stereocenters. The van der Waals surface area contributed by atoms with Gasteiger partial charge in [-0.2, -0.15) is 0 Å². The quantitative estimate of drug-likeness (QED) is 0.218. The molecule has 39 heavy (non-hydrogen) atoms. The highest BCUT2D eigenvalue weighted by Crippen LogP contribution is 2.57. The van der Waals surface area contributed by atoms with E-state index in [0.29, 0.717) is 0 Å². The standard InChI is InChI=1S/C31H26.4C2H6/c1-19-3-13-27-28-14-4-20(2)16-30(28)31(29(27)15-19,25-11-9-21-5-7-23(21)17-25)26-12-10-22-6-8-24(22)18-26;4*1-2/h3-4,9-18H,5-8H2,1-2H3;4*1-2H3. The van der Waals surface area contributed by atoms with Gasteiger partial charge in [0.05, 0.1) is 5.41 Å². The van der Waals surface area contributed by atoms with Crippen LogP contribution in [0.2, 0.25) is 0 Å². The molecule has 0 fully saturated rings. The van der Waals surface area contributed by atoms with Gasteiger partial charge in [0.25, 0.3) is 0 Å². The van der Waals surface area contributed by atoms with Crippen LogP contribution in [0.4, 0.5) is 0 Å². The van der Waals surface area contributed by atoms with Crippen molar-refractivity contribution in [2.75, 3.05) is 0 Å². The second-order valence-electron chi connectivity index (χ2n) is 9.82. The normalized spacial score (nSPS) is 13.7. The summed E-state index contributed by atoms with van der Waals surface area (Å²) in [6.45, 7) is 20.5. The van der Waals surface area contributed by atoms with Crippen molar-refractivity contribution in [2.45, 2.75) is 100 Å². The molecule has 0 atom stereocenters. The van der Waals surface area contributed by atoms with Gasteiger partial charge in [0, 0.05) is 0 Å². The molecule has 0 bridgehead atoms. The summed E-state index contributed by atoms with van der Waals surface area (Å²) in [6.07, 6.45) is 4.88. The molecule has 0 aromatic heterocycles. The Kier molecular flexibility index (Phi) is 10.4. The van der Waals surface area contributed by atoms with Gasteiger partial charge in [0.1, 0.15) is 0 Å². The maximum Gasteiger partial charge on any atom is 0.0713 e. The Labute approximate surface area is 239 Å². The molecule has 0 heteroatoms. The van der Waals surface area contributed by atoms with Crippen molar-refractivity contribution >= 4 is 0 Å². The fourth-order valence-electron chi connectivity index (χ4n) is 6.20. The molecule has 0 heterocycles. The molecule has 4 aromatic carbocycles. The van der Waals surface area contributed by atoms with Crippen molar-refractivity contribution < 1.29 is 0 Å². The minimum Gasteiger partial charge on any atom is -0.0683 e. The largest absolute Gasteiger partial charge is 0.0713 e. The van der Waals surface area contributed by atoms with E-state index < -0.39 is 0 Å². The van der Waals surface area contributed by atoms with Crippen LogP contribution < -0.4 is 0 Å². The third-order valence-corrected chi connectivity index (χ3v) is 8.05. The van der Waals surface area contributed by atoms with Crippen LogP contribution in [0.3, 0.4) is 0 Å². The number of hydrogen-bond donors (Lipinski definition) is 0. The Hall–Kier alpha value is -3.12. The summed E-state index contributed by atoms with van der Waals surface area (Å²) in [5.74, 6) is 0. The van der Waals surface area contributed by atoms with E-state index in [0.717, 1.165) is 0 Å². The molecule has 0 N–H and O–H groups in total. The zero-order valence-electron chi connectivity index (χ0n) is 26.3. The molecule has 3 aliphatic carbocycles. The fourth-order valence-corrected chi connectivity index (χ4v) is 6.20. The Morgan fingerprint density at radius 1 is 0.410 bits per heavy atom. The lowest BCUT2D eigenvalue weighted by molar-refractivity contribution is 0.739. The van der Waals surface area contributed by atoms with Crippen molar-refractivity contribution in [1.82, 2.24) is 0 Å². The average Bonchev–Trinajstić information content (AvgIpc) is 3.24. The van der Waals surface area contributed by atoms with Crippen LogP contribution in [0, 0.1) is 13.8 Å². The Bertz CT molecular complexity index is 1290. The van der Waals surface area contributed by atoms with Gasteiger partial charge in [0.2, 0.25) is 0 Å². The lowest BCUT2D eigenvalue weighted by Crippen LogP contribution is -2.30. The molecule has 0 saturated heterocycles. The zero-order chi connectivity index (χ0) is 28.7. The topological polar surface area (TPSA) is 0 Å². The van der Waals surface area contributed by atoms with Crippen molar-refractivity contribution in [3.05, 3.63) is 128 Å². The van der Waals surface area contributed by atoms with Crippen LogP contribution in [0.15, 0.2) is 72.8 Å². The van der Waals surface area contributed by atoms with Gasteiger partial charge in [0.15, 0.2) is 0 Å². The van der Waals surface area contributed by atoms with Gasteiger partial charge in [-0.05, 0) is 95.2 Å². The monoisotopic (exact) mass is 518 g/mol. The minimum absolute atomic E-state index is 0.238. The number of rotatable bonds is 2. The lowest BCUT2D eigenvalue weighted by Gasteiger charge is -2.37. The Balaban J connectivity index is 0.000000485. The van der Waals surface area contributed by atoms with Crippen LogP contribution in [0.5, 0.6) is 0 Å². The highest BCUT2D eigenvalue weighted by molar-refractivity contribution is 5.87. The molecule has 0 aliphatic heterocycles. The first kappa shape index (κ1) is 30.4. The van der Waals surface area contributed by atoms with Gasteiger partial charge in [-0.25, -0.2) is 0 Å². The number of hydrogen-bond acceptors (Lipinski definition) is 0. The van der Waals surface area contributed by atoms with E-state index in [9.17, 15) is 0 Å². The van der Waals surface area contributed by atoms with E-state index in [1.807, 2.05) is 55.4 Å². The first-order valence-electron chi connectivity index (χ1n) is 15.6. The summed E-state index contributed by atoms with van der Waals surface area (Å²) in [5.41, 5.74) is 17.1. The zero-order valence-corrected chi connectivity index (χ0v) is 26.3. The molecule has 4 aromatic rings. The minimum atomic E-state index is -0.238.